The van der Waals surface area contributed by atoms with Crippen LogP contribution < -0.4 is 0 Å². The number of aliphatic hydroxyl groups excluding tert-OH is 1. The van der Waals surface area contributed by atoms with Crippen molar-refractivity contribution in [1.82, 2.24) is 0 Å². The topological polar surface area (TPSA) is 20.2 Å². The predicted molar refractivity (Wildman–Crippen MR) is 63.5 cm³/mol. The first-order chi connectivity index (χ1) is 7.29. The van der Waals surface area contributed by atoms with E-state index in [2.05, 4.69) is 30.9 Å². The second-order valence-electron chi connectivity index (χ2n) is 3.62. The molecule has 0 bridgehead atoms. The van der Waals surface area contributed by atoms with Crippen LogP contribution in [0.5, 0.6) is 0 Å². The monoisotopic (exact) mass is 202 g/mol. The van der Waals surface area contributed by atoms with E-state index in [1.165, 1.54) is 5.56 Å². The van der Waals surface area contributed by atoms with Crippen molar-refractivity contribution in [2.24, 2.45) is 0 Å². The molecule has 0 aromatic heterocycles. The van der Waals surface area contributed by atoms with Crippen LogP contribution >= 0.6 is 0 Å². The largest absolute Gasteiger partial charge is 0.391 e. The summed E-state index contributed by atoms with van der Waals surface area (Å²) >= 11 is 0. The first-order valence-electron chi connectivity index (χ1n) is 5.42. The molecule has 0 aliphatic carbocycles. The summed E-state index contributed by atoms with van der Waals surface area (Å²) in [5.41, 5.74) is 1.20. The van der Waals surface area contributed by atoms with E-state index < -0.39 is 0 Å². The molecule has 0 fully saturated rings. The van der Waals surface area contributed by atoms with Crippen molar-refractivity contribution in [2.75, 3.05) is 0 Å². The molecule has 1 rings (SSSR count). The number of hydrogen-bond acceptors (Lipinski definition) is 1. The van der Waals surface area contributed by atoms with Crippen LogP contribution in [0.25, 0.3) is 0 Å². The van der Waals surface area contributed by atoms with Crippen LogP contribution in [0.2, 0.25) is 0 Å². The standard InChI is InChI=1S/C14H18O/c1-3-5-11-14(15)13(4-2)12-9-7-6-8-10-12/h6-10,13-15H,4,11H2,1-2H3. The third-order valence-electron chi connectivity index (χ3n) is 2.62. The summed E-state index contributed by atoms with van der Waals surface area (Å²) in [5, 5.41) is 9.99. The van der Waals surface area contributed by atoms with Crippen molar-refractivity contribution in [1.29, 1.82) is 0 Å². The first kappa shape index (κ1) is 11.8. The fourth-order valence-corrected chi connectivity index (χ4v) is 1.78. The summed E-state index contributed by atoms with van der Waals surface area (Å²) < 4.78 is 0. The van der Waals surface area contributed by atoms with E-state index >= 15 is 0 Å². The molecule has 1 heteroatoms. The Kier molecular flexibility index (Phi) is 4.93. The Morgan fingerprint density at radius 1 is 1.27 bits per heavy atom. The molecule has 15 heavy (non-hydrogen) atoms. The van der Waals surface area contributed by atoms with Crippen LogP contribution in [0.3, 0.4) is 0 Å². The second kappa shape index (κ2) is 6.27. The zero-order valence-corrected chi connectivity index (χ0v) is 9.40. The smallest absolute Gasteiger partial charge is 0.0717 e. The fourth-order valence-electron chi connectivity index (χ4n) is 1.78. The summed E-state index contributed by atoms with van der Waals surface area (Å²) in [6.07, 6.45) is 1.14. The van der Waals surface area contributed by atoms with Gasteiger partial charge in [-0.15, -0.1) is 11.8 Å². The van der Waals surface area contributed by atoms with Gasteiger partial charge in [0.15, 0.2) is 0 Å². The summed E-state index contributed by atoms with van der Waals surface area (Å²) in [4.78, 5) is 0. The highest BCUT2D eigenvalue weighted by molar-refractivity contribution is 5.21. The molecule has 1 aromatic rings. The minimum absolute atomic E-state index is 0.201. The highest BCUT2D eigenvalue weighted by Gasteiger charge is 2.17. The molecule has 0 amide bonds. The minimum Gasteiger partial charge on any atom is -0.391 e. The van der Waals surface area contributed by atoms with Crippen LogP contribution in [0.4, 0.5) is 0 Å². The zero-order valence-electron chi connectivity index (χ0n) is 9.40. The van der Waals surface area contributed by atoms with Gasteiger partial charge in [0, 0.05) is 12.3 Å². The Morgan fingerprint density at radius 2 is 1.93 bits per heavy atom. The van der Waals surface area contributed by atoms with Crippen molar-refractivity contribution in [3.05, 3.63) is 35.9 Å². The van der Waals surface area contributed by atoms with E-state index in [0.717, 1.165) is 6.42 Å². The Balaban J connectivity index is 2.74. The lowest BCUT2D eigenvalue weighted by Crippen LogP contribution is -2.17. The van der Waals surface area contributed by atoms with Crippen LogP contribution in [0.1, 0.15) is 38.2 Å². The van der Waals surface area contributed by atoms with Crippen molar-refractivity contribution in [3.8, 4) is 11.8 Å². The summed E-state index contributed by atoms with van der Waals surface area (Å²) in [5.74, 6) is 5.95. The van der Waals surface area contributed by atoms with Gasteiger partial charge < -0.3 is 5.11 Å². The first-order valence-corrected chi connectivity index (χ1v) is 5.42. The van der Waals surface area contributed by atoms with Crippen LogP contribution in [0, 0.1) is 11.8 Å². The molecule has 2 atom stereocenters. The Morgan fingerprint density at radius 3 is 2.47 bits per heavy atom. The van der Waals surface area contributed by atoms with Gasteiger partial charge in [-0.05, 0) is 18.9 Å². The van der Waals surface area contributed by atoms with Gasteiger partial charge in [0.2, 0.25) is 0 Å². The highest BCUT2D eigenvalue weighted by Crippen LogP contribution is 2.24. The van der Waals surface area contributed by atoms with Crippen LogP contribution in [0.15, 0.2) is 30.3 Å². The molecule has 80 valence electrons. The maximum atomic E-state index is 9.99. The quantitative estimate of drug-likeness (QED) is 0.744. The van der Waals surface area contributed by atoms with Gasteiger partial charge in [-0.25, -0.2) is 0 Å². The number of hydrogen-bond donors (Lipinski definition) is 1. The Bertz CT molecular complexity index is 331. The van der Waals surface area contributed by atoms with Crippen molar-refractivity contribution < 1.29 is 5.11 Å². The van der Waals surface area contributed by atoms with Gasteiger partial charge in [-0.2, -0.15) is 0 Å². The van der Waals surface area contributed by atoms with Gasteiger partial charge in [0.25, 0.3) is 0 Å². The van der Waals surface area contributed by atoms with Gasteiger partial charge in [-0.3, -0.25) is 0 Å². The molecule has 0 aliphatic rings. The summed E-state index contributed by atoms with van der Waals surface area (Å²) in [6, 6.07) is 10.1. The molecule has 2 unspecified atom stereocenters. The third-order valence-corrected chi connectivity index (χ3v) is 2.62. The van der Waals surface area contributed by atoms with Crippen molar-refractivity contribution in [3.63, 3.8) is 0 Å². The van der Waals surface area contributed by atoms with Crippen LogP contribution in [-0.2, 0) is 0 Å². The fraction of sp³-hybridized carbons (Fsp3) is 0.429. The van der Waals surface area contributed by atoms with Gasteiger partial charge in [0.1, 0.15) is 0 Å². The maximum absolute atomic E-state index is 9.99. The molecule has 0 radical (unpaired) electrons. The van der Waals surface area contributed by atoms with Gasteiger partial charge in [0.05, 0.1) is 6.10 Å². The maximum Gasteiger partial charge on any atom is 0.0717 e. The van der Waals surface area contributed by atoms with Gasteiger partial charge in [-0.1, -0.05) is 37.3 Å². The van der Waals surface area contributed by atoms with Crippen molar-refractivity contribution in [2.45, 2.75) is 38.7 Å². The van der Waals surface area contributed by atoms with E-state index in [1.54, 1.807) is 6.92 Å². The van der Waals surface area contributed by atoms with E-state index in [9.17, 15) is 5.11 Å². The zero-order chi connectivity index (χ0) is 11.1. The highest BCUT2D eigenvalue weighted by atomic mass is 16.3. The van der Waals surface area contributed by atoms with E-state index in [0.29, 0.717) is 6.42 Å². The molecule has 0 saturated carbocycles. The van der Waals surface area contributed by atoms with Crippen LogP contribution in [-0.4, -0.2) is 11.2 Å². The number of benzene rings is 1. The lowest BCUT2D eigenvalue weighted by atomic mass is 9.89. The van der Waals surface area contributed by atoms with Crippen molar-refractivity contribution >= 4 is 0 Å². The van der Waals surface area contributed by atoms with Gasteiger partial charge >= 0.3 is 0 Å². The SMILES string of the molecule is CC#CCC(O)C(CC)c1ccccc1. The average Bonchev–Trinajstić information content (AvgIpc) is 2.29. The number of rotatable bonds is 4. The molecular formula is C14H18O. The molecule has 0 spiro atoms. The molecule has 1 aromatic carbocycles. The normalized spacial score (nSPS) is 13.8. The third kappa shape index (κ3) is 3.42. The van der Waals surface area contributed by atoms with E-state index in [1.807, 2.05) is 18.2 Å². The molecule has 0 aliphatic heterocycles. The summed E-state index contributed by atoms with van der Waals surface area (Å²) in [7, 11) is 0. The summed E-state index contributed by atoms with van der Waals surface area (Å²) in [6.45, 7) is 3.90. The molecular weight excluding hydrogens is 184 g/mol. The molecule has 1 nitrogen and oxygen atoms in total. The molecule has 0 saturated heterocycles. The second-order valence-corrected chi connectivity index (χ2v) is 3.62. The minimum atomic E-state index is -0.357. The Labute approximate surface area is 92.1 Å². The molecule has 1 N–H and O–H groups in total. The van der Waals surface area contributed by atoms with E-state index in [4.69, 9.17) is 0 Å². The Hall–Kier alpha value is -1.26. The lowest BCUT2D eigenvalue weighted by molar-refractivity contribution is 0.146. The number of aliphatic hydroxyl groups is 1. The predicted octanol–water partition coefficient (Wildman–Crippen LogP) is 2.95. The van der Waals surface area contributed by atoms with E-state index in [-0.39, 0.29) is 12.0 Å². The lowest BCUT2D eigenvalue weighted by Gasteiger charge is -2.20. The molecule has 0 heterocycles. The average molecular weight is 202 g/mol.